The molecule has 1 aromatic carbocycles. The van der Waals surface area contributed by atoms with Gasteiger partial charge in [-0.2, -0.15) is 0 Å². The monoisotopic (exact) mass is 232 g/mol. The molecule has 0 bridgehead atoms. The van der Waals surface area contributed by atoms with E-state index in [0.29, 0.717) is 13.2 Å². The molecule has 4 heteroatoms. The second-order valence-electron chi connectivity index (χ2n) is 3.97. The molecule has 0 amide bonds. The standard InChI is InChI=1S/C13H16N2O2/c1-10-2-3-13(12(6-10)4-5-14)16-8-11-7-15-17-9-11/h2-3,6-7,9H,4-5,8,14H2,1H3. The Hall–Kier alpha value is -1.81. The molecule has 90 valence electrons. The highest BCUT2D eigenvalue weighted by molar-refractivity contribution is 5.37. The number of aryl methyl sites for hydroxylation is 1. The van der Waals surface area contributed by atoms with E-state index < -0.39 is 0 Å². The van der Waals surface area contributed by atoms with Crippen LogP contribution in [0.1, 0.15) is 16.7 Å². The molecule has 0 saturated carbocycles. The van der Waals surface area contributed by atoms with Gasteiger partial charge in [0.25, 0.3) is 0 Å². The molecule has 0 aliphatic heterocycles. The normalized spacial score (nSPS) is 10.5. The molecule has 2 aromatic rings. The highest BCUT2D eigenvalue weighted by Crippen LogP contribution is 2.21. The van der Waals surface area contributed by atoms with Gasteiger partial charge < -0.3 is 15.0 Å². The molecular formula is C13H16N2O2. The third kappa shape index (κ3) is 3.07. The maximum Gasteiger partial charge on any atom is 0.130 e. The van der Waals surface area contributed by atoms with Crippen LogP contribution in [0.5, 0.6) is 5.75 Å². The van der Waals surface area contributed by atoms with Crippen molar-refractivity contribution in [2.45, 2.75) is 20.0 Å². The van der Waals surface area contributed by atoms with Crippen molar-refractivity contribution in [3.63, 3.8) is 0 Å². The topological polar surface area (TPSA) is 61.3 Å². The number of ether oxygens (including phenoxy) is 1. The first-order valence-corrected chi connectivity index (χ1v) is 5.60. The van der Waals surface area contributed by atoms with Crippen LogP contribution in [0.15, 0.2) is 35.2 Å². The minimum absolute atomic E-state index is 0.462. The molecule has 2 rings (SSSR count). The summed E-state index contributed by atoms with van der Waals surface area (Å²) >= 11 is 0. The van der Waals surface area contributed by atoms with Crippen molar-refractivity contribution in [1.82, 2.24) is 5.16 Å². The second-order valence-corrected chi connectivity index (χ2v) is 3.97. The van der Waals surface area contributed by atoms with E-state index in [9.17, 15) is 0 Å². The fourth-order valence-electron chi connectivity index (χ4n) is 1.66. The van der Waals surface area contributed by atoms with Crippen LogP contribution in [-0.2, 0) is 13.0 Å². The predicted octanol–water partition coefficient (Wildman–Crippen LogP) is 2.06. The number of nitrogens with two attached hydrogens (primary N) is 1. The van der Waals surface area contributed by atoms with Crippen LogP contribution in [0, 0.1) is 6.92 Å². The molecule has 2 N–H and O–H groups in total. The van der Waals surface area contributed by atoms with Crippen molar-refractivity contribution in [3.05, 3.63) is 47.3 Å². The Kier molecular flexibility index (Phi) is 3.77. The predicted molar refractivity (Wildman–Crippen MR) is 64.8 cm³/mol. The Bertz CT molecular complexity index is 466. The van der Waals surface area contributed by atoms with Gasteiger partial charge >= 0.3 is 0 Å². The second kappa shape index (κ2) is 5.50. The van der Waals surface area contributed by atoms with E-state index in [0.717, 1.165) is 23.3 Å². The summed E-state index contributed by atoms with van der Waals surface area (Å²) in [7, 11) is 0. The van der Waals surface area contributed by atoms with E-state index in [1.807, 2.05) is 12.1 Å². The smallest absolute Gasteiger partial charge is 0.130 e. The Balaban J connectivity index is 2.08. The summed E-state index contributed by atoms with van der Waals surface area (Å²) < 4.78 is 10.5. The molecule has 0 fully saturated rings. The van der Waals surface area contributed by atoms with Gasteiger partial charge in [-0.1, -0.05) is 22.9 Å². The fraction of sp³-hybridized carbons (Fsp3) is 0.308. The van der Waals surface area contributed by atoms with Crippen LogP contribution in [0.25, 0.3) is 0 Å². The molecule has 0 unspecified atom stereocenters. The SMILES string of the molecule is Cc1ccc(OCc2cnoc2)c(CCN)c1. The van der Waals surface area contributed by atoms with Crippen LogP contribution in [0.2, 0.25) is 0 Å². The van der Waals surface area contributed by atoms with E-state index in [1.54, 1.807) is 12.5 Å². The molecular weight excluding hydrogens is 216 g/mol. The largest absolute Gasteiger partial charge is 0.488 e. The zero-order chi connectivity index (χ0) is 12.1. The van der Waals surface area contributed by atoms with Gasteiger partial charge in [0, 0.05) is 5.56 Å². The number of hydrogen-bond donors (Lipinski definition) is 1. The molecule has 1 aromatic heterocycles. The van der Waals surface area contributed by atoms with Crippen molar-refractivity contribution in [2.75, 3.05) is 6.54 Å². The van der Waals surface area contributed by atoms with E-state index in [1.165, 1.54) is 5.56 Å². The molecule has 0 atom stereocenters. The fourth-order valence-corrected chi connectivity index (χ4v) is 1.66. The summed E-state index contributed by atoms with van der Waals surface area (Å²) in [5, 5.41) is 3.63. The first kappa shape index (κ1) is 11.7. The number of hydrogen-bond acceptors (Lipinski definition) is 4. The van der Waals surface area contributed by atoms with E-state index in [2.05, 4.69) is 18.1 Å². The highest BCUT2D eigenvalue weighted by atomic mass is 16.5. The quantitative estimate of drug-likeness (QED) is 0.857. The van der Waals surface area contributed by atoms with Gasteiger partial charge in [0.2, 0.25) is 0 Å². The van der Waals surface area contributed by atoms with E-state index in [4.69, 9.17) is 15.0 Å². The Labute approximate surface area is 100 Å². The summed E-state index contributed by atoms with van der Waals surface area (Å²) in [5.74, 6) is 0.877. The van der Waals surface area contributed by atoms with Gasteiger partial charge in [0.05, 0.1) is 6.20 Å². The first-order chi connectivity index (χ1) is 8.29. The van der Waals surface area contributed by atoms with Crippen molar-refractivity contribution < 1.29 is 9.26 Å². The maximum absolute atomic E-state index is 5.73. The third-order valence-corrected chi connectivity index (χ3v) is 2.51. The minimum atomic E-state index is 0.462. The lowest BCUT2D eigenvalue weighted by atomic mass is 10.1. The number of rotatable bonds is 5. The van der Waals surface area contributed by atoms with Crippen LogP contribution in [0.4, 0.5) is 0 Å². The van der Waals surface area contributed by atoms with Crippen molar-refractivity contribution in [2.24, 2.45) is 5.73 Å². The summed E-state index contributed by atoms with van der Waals surface area (Å²) in [6.07, 6.45) is 4.05. The third-order valence-electron chi connectivity index (χ3n) is 2.51. The van der Waals surface area contributed by atoms with Gasteiger partial charge in [-0.3, -0.25) is 0 Å². The molecule has 0 spiro atoms. The average Bonchev–Trinajstić information content (AvgIpc) is 2.81. The molecule has 1 heterocycles. The Morgan fingerprint density at radius 1 is 1.41 bits per heavy atom. The average molecular weight is 232 g/mol. The minimum Gasteiger partial charge on any atom is -0.488 e. The maximum atomic E-state index is 5.73. The summed E-state index contributed by atoms with van der Waals surface area (Å²) in [5.41, 5.74) is 8.87. The zero-order valence-corrected chi connectivity index (χ0v) is 9.85. The van der Waals surface area contributed by atoms with Crippen LogP contribution < -0.4 is 10.5 Å². The van der Waals surface area contributed by atoms with Crippen molar-refractivity contribution >= 4 is 0 Å². The van der Waals surface area contributed by atoms with Gasteiger partial charge in [0.15, 0.2) is 0 Å². The number of nitrogens with zero attached hydrogens (tertiary/aromatic N) is 1. The van der Waals surface area contributed by atoms with Gasteiger partial charge in [-0.25, -0.2) is 0 Å². The zero-order valence-electron chi connectivity index (χ0n) is 9.85. The van der Waals surface area contributed by atoms with Crippen LogP contribution in [0.3, 0.4) is 0 Å². The lowest BCUT2D eigenvalue weighted by molar-refractivity contribution is 0.301. The van der Waals surface area contributed by atoms with Crippen LogP contribution >= 0.6 is 0 Å². The highest BCUT2D eigenvalue weighted by Gasteiger charge is 2.04. The molecule has 0 saturated heterocycles. The lowest BCUT2D eigenvalue weighted by Gasteiger charge is -2.10. The first-order valence-electron chi connectivity index (χ1n) is 5.60. The Morgan fingerprint density at radius 2 is 2.29 bits per heavy atom. The summed E-state index contributed by atoms with van der Waals surface area (Å²) in [6, 6.07) is 6.12. The van der Waals surface area contributed by atoms with Gasteiger partial charge in [-0.05, 0) is 31.5 Å². The molecule has 17 heavy (non-hydrogen) atoms. The van der Waals surface area contributed by atoms with E-state index >= 15 is 0 Å². The molecule has 0 radical (unpaired) electrons. The number of aromatic nitrogens is 1. The molecule has 0 aliphatic rings. The molecule has 0 aliphatic carbocycles. The van der Waals surface area contributed by atoms with Crippen molar-refractivity contribution in [3.8, 4) is 5.75 Å². The van der Waals surface area contributed by atoms with Crippen LogP contribution in [-0.4, -0.2) is 11.7 Å². The van der Waals surface area contributed by atoms with E-state index in [-0.39, 0.29) is 0 Å². The van der Waals surface area contributed by atoms with Gasteiger partial charge in [-0.15, -0.1) is 0 Å². The van der Waals surface area contributed by atoms with Crippen molar-refractivity contribution in [1.29, 1.82) is 0 Å². The number of benzene rings is 1. The van der Waals surface area contributed by atoms with Gasteiger partial charge in [0.1, 0.15) is 18.6 Å². The molecule has 4 nitrogen and oxygen atoms in total. The summed E-state index contributed by atoms with van der Waals surface area (Å²) in [4.78, 5) is 0. The summed E-state index contributed by atoms with van der Waals surface area (Å²) in [6.45, 7) is 3.14. The lowest BCUT2D eigenvalue weighted by Crippen LogP contribution is -2.05. The Morgan fingerprint density at radius 3 is 3.00 bits per heavy atom.